The quantitative estimate of drug-likeness (QED) is 0.507. The molecular formula is C20H15ClO5. The smallest absolute Gasteiger partial charge is 0.343 e. The Morgan fingerprint density at radius 3 is 2.62 bits per heavy atom. The van der Waals surface area contributed by atoms with Crippen LogP contribution >= 0.6 is 11.6 Å². The van der Waals surface area contributed by atoms with Crippen molar-refractivity contribution >= 4 is 28.5 Å². The lowest BCUT2D eigenvalue weighted by Gasteiger charge is -2.31. The van der Waals surface area contributed by atoms with Gasteiger partial charge in [0.05, 0.1) is 18.1 Å². The first-order valence-electron chi connectivity index (χ1n) is 8.12. The van der Waals surface area contributed by atoms with Crippen LogP contribution < -0.4 is 10.4 Å². The van der Waals surface area contributed by atoms with E-state index in [1.807, 2.05) is 12.1 Å². The molecule has 6 heteroatoms. The van der Waals surface area contributed by atoms with Gasteiger partial charge in [-0.05, 0) is 29.8 Å². The van der Waals surface area contributed by atoms with Crippen LogP contribution in [0.15, 0.2) is 57.7 Å². The third-order valence-electron chi connectivity index (χ3n) is 4.65. The highest BCUT2D eigenvalue weighted by Crippen LogP contribution is 2.43. The van der Waals surface area contributed by atoms with Gasteiger partial charge < -0.3 is 13.9 Å². The molecule has 1 aliphatic heterocycles. The zero-order valence-electron chi connectivity index (χ0n) is 13.9. The highest BCUT2D eigenvalue weighted by Gasteiger charge is 2.41. The fraction of sp³-hybridized carbons (Fsp3) is 0.200. The number of hydrogen-bond donors (Lipinski definition) is 0. The lowest BCUT2D eigenvalue weighted by molar-refractivity contribution is -0.147. The summed E-state index contributed by atoms with van der Waals surface area (Å²) in [6.07, 6.45) is 0. The summed E-state index contributed by atoms with van der Waals surface area (Å²) in [6.45, 7) is 0.112. The summed E-state index contributed by atoms with van der Waals surface area (Å²) in [5.41, 5.74) is 1.03. The Balaban J connectivity index is 1.99. The fourth-order valence-corrected chi connectivity index (χ4v) is 3.58. The van der Waals surface area contributed by atoms with Crippen LogP contribution in [-0.2, 0) is 9.53 Å². The molecule has 0 saturated heterocycles. The predicted molar refractivity (Wildman–Crippen MR) is 96.8 cm³/mol. The molecule has 0 unspecified atom stereocenters. The van der Waals surface area contributed by atoms with Crippen molar-refractivity contribution in [3.63, 3.8) is 0 Å². The van der Waals surface area contributed by atoms with Crippen molar-refractivity contribution in [2.45, 2.75) is 5.92 Å². The molecule has 0 spiro atoms. The van der Waals surface area contributed by atoms with Crippen molar-refractivity contribution in [1.82, 2.24) is 0 Å². The van der Waals surface area contributed by atoms with Crippen LogP contribution in [0.4, 0.5) is 0 Å². The predicted octanol–water partition coefficient (Wildman–Crippen LogP) is 3.76. The highest BCUT2D eigenvalue weighted by molar-refractivity contribution is 6.30. The maximum absolute atomic E-state index is 12.8. The normalized spacial score (nSPS) is 18.8. The molecule has 1 aromatic heterocycles. The summed E-state index contributed by atoms with van der Waals surface area (Å²) in [5.74, 6) is -1.18. The van der Waals surface area contributed by atoms with Gasteiger partial charge in [0.1, 0.15) is 23.9 Å². The van der Waals surface area contributed by atoms with Gasteiger partial charge in [-0.1, -0.05) is 35.9 Å². The first kappa shape index (κ1) is 16.7. The zero-order valence-corrected chi connectivity index (χ0v) is 14.7. The summed E-state index contributed by atoms with van der Waals surface area (Å²) in [5, 5.41) is 1.27. The van der Waals surface area contributed by atoms with Crippen LogP contribution in [0.3, 0.4) is 0 Å². The third-order valence-corrected chi connectivity index (χ3v) is 4.90. The molecule has 2 atom stereocenters. The highest BCUT2D eigenvalue weighted by atomic mass is 35.5. The van der Waals surface area contributed by atoms with Crippen LogP contribution in [0.1, 0.15) is 17.0 Å². The van der Waals surface area contributed by atoms with E-state index in [9.17, 15) is 9.59 Å². The van der Waals surface area contributed by atoms with E-state index in [0.717, 1.165) is 5.56 Å². The number of rotatable bonds is 2. The number of carbonyl (C=O) groups is 1. The Morgan fingerprint density at radius 2 is 1.88 bits per heavy atom. The fourth-order valence-electron chi connectivity index (χ4n) is 3.45. The molecule has 0 fully saturated rings. The van der Waals surface area contributed by atoms with Crippen molar-refractivity contribution < 1.29 is 18.7 Å². The number of fused-ring (bicyclic) bond motifs is 3. The van der Waals surface area contributed by atoms with Crippen LogP contribution in [0.25, 0.3) is 11.0 Å². The molecule has 0 amide bonds. The second kappa shape index (κ2) is 6.50. The number of ether oxygens (including phenoxy) is 2. The second-order valence-electron chi connectivity index (χ2n) is 6.10. The standard InChI is InChI=1S/C20H15ClO5/c1-24-19(22)14-10-25-18-13-4-2-3-5-15(13)26-20(23)17(18)16(14)11-6-8-12(21)9-7-11/h2-9,14,16H,10H2,1H3/t14-,16-/m1/s1. The average molecular weight is 371 g/mol. The van der Waals surface area contributed by atoms with Crippen molar-refractivity contribution in [3.8, 4) is 5.75 Å². The minimum absolute atomic E-state index is 0.112. The number of hydrogen-bond acceptors (Lipinski definition) is 5. The molecule has 2 aromatic carbocycles. The van der Waals surface area contributed by atoms with E-state index in [0.29, 0.717) is 27.3 Å². The summed E-state index contributed by atoms with van der Waals surface area (Å²) in [4.78, 5) is 25.1. The molecule has 1 aliphatic rings. The van der Waals surface area contributed by atoms with Crippen LogP contribution in [-0.4, -0.2) is 19.7 Å². The Labute approximate surface area is 154 Å². The minimum atomic E-state index is -0.655. The number of esters is 1. The number of halogens is 1. The summed E-state index contributed by atoms with van der Waals surface area (Å²) >= 11 is 5.99. The van der Waals surface area contributed by atoms with Gasteiger partial charge in [-0.3, -0.25) is 4.79 Å². The first-order chi connectivity index (χ1) is 12.6. The van der Waals surface area contributed by atoms with Crippen molar-refractivity contribution in [2.24, 2.45) is 5.92 Å². The van der Waals surface area contributed by atoms with Gasteiger partial charge in [0, 0.05) is 10.9 Å². The number of methoxy groups -OCH3 is 1. The third kappa shape index (κ3) is 2.65. The van der Waals surface area contributed by atoms with Gasteiger partial charge in [0.2, 0.25) is 0 Å². The van der Waals surface area contributed by atoms with Crippen molar-refractivity contribution in [2.75, 3.05) is 13.7 Å². The lowest BCUT2D eigenvalue weighted by atomic mass is 9.79. The van der Waals surface area contributed by atoms with Crippen LogP contribution in [0.2, 0.25) is 5.02 Å². The van der Waals surface area contributed by atoms with E-state index in [1.54, 1.807) is 36.4 Å². The molecule has 3 aromatic rings. The number of para-hydroxylation sites is 1. The van der Waals surface area contributed by atoms with Gasteiger partial charge >= 0.3 is 11.6 Å². The first-order valence-corrected chi connectivity index (χ1v) is 8.49. The maximum Gasteiger partial charge on any atom is 0.343 e. The molecule has 26 heavy (non-hydrogen) atoms. The Kier molecular flexibility index (Phi) is 4.17. The molecule has 132 valence electrons. The van der Waals surface area contributed by atoms with E-state index in [1.165, 1.54) is 7.11 Å². The summed E-state index contributed by atoms with van der Waals surface area (Å²) in [7, 11) is 1.32. The monoisotopic (exact) mass is 370 g/mol. The Hall–Kier alpha value is -2.79. The molecule has 0 bridgehead atoms. The van der Waals surface area contributed by atoms with E-state index < -0.39 is 23.4 Å². The Morgan fingerprint density at radius 1 is 1.15 bits per heavy atom. The van der Waals surface area contributed by atoms with Gasteiger partial charge in [0.15, 0.2) is 0 Å². The second-order valence-corrected chi connectivity index (χ2v) is 6.53. The van der Waals surface area contributed by atoms with Crippen molar-refractivity contribution in [3.05, 3.63) is 75.1 Å². The Bertz CT molecular complexity index is 1040. The average Bonchev–Trinajstić information content (AvgIpc) is 2.67. The van der Waals surface area contributed by atoms with Crippen LogP contribution in [0.5, 0.6) is 5.75 Å². The molecule has 2 heterocycles. The molecule has 0 radical (unpaired) electrons. The van der Waals surface area contributed by atoms with Crippen LogP contribution in [0, 0.1) is 5.92 Å². The van der Waals surface area contributed by atoms with E-state index >= 15 is 0 Å². The van der Waals surface area contributed by atoms with Gasteiger partial charge in [-0.15, -0.1) is 0 Å². The largest absolute Gasteiger partial charge is 0.491 e. The molecular weight excluding hydrogens is 356 g/mol. The molecule has 0 aliphatic carbocycles. The topological polar surface area (TPSA) is 65.7 Å². The van der Waals surface area contributed by atoms with Gasteiger partial charge in [-0.25, -0.2) is 4.79 Å². The molecule has 4 rings (SSSR count). The number of benzene rings is 2. The summed E-state index contributed by atoms with van der Waals surface area (Å²) < 4.78 is 16.3. The number of carbonyl (C=O) groups excluding carboxylic acids is 1. The van der Waals surface area contributed by atoms with E-state index in [4.69, 9.17) is 25.5 Å². The SMILES string of the molecule is COC(=O)[C@@H]1COc2c(c(=O)oc3ccccc23)[C@@H]1c1ccc(Cl)cc1. The lowest BCUT2D eigenvalue weighted by Crippen LogP contribution is -2.36. The minimum Gasteiger partial charge on any atom is -0.491 e. The van der Waals surface area contributed by atoms with Crippen molar-refractivity contribution in [1.29, 1.82) is 0 Å². The molecule has 0 N–H and O–H groups in total. The maximum atomic E-state index is 12.8. The van der Waals surface area contributed by atoms with Gasteiger partial charge in [-0.2, -0.15) is 0 Å². The zero-order chi connectivity index (χ0) is 18.3. The molecule has 5 nitrogen and oxygen atoms in total. The van der Waals surface area contributed by atoms with Gasteiger partial charge in [0.25, 0.3) is 0 Å². The summed E-state index contributed by atoms with van der Waals surface area (Å²) in [6, 6.07) is 14.2. The van der Waals surface area contributed by atoms with E-state index in [2.05, 4.69) is 0 Å². The molecule has 0 saturated carbocycles. The van der Waals surface area contributed by atoms with E-state index in [-0.39, 0.29) is 6.61 Å².